The molecule has 88 valence electrons. The van der Waals surface area contributed by atoms with Gasteiger partial charge in [-0.1, -0.05) is 0 Å². The van der Waals surface area contributed by atoms with E-state index in [9.17, 15) is 9.59 Å². The Bertz CT molecular complexity index is 427. The molecule has 0 saturated carbocycles. The van der Waals surface area contributed by atoms with Gasteiger partial charge in [0.1, 0.15) is 4.47 Å². The van der Waals surface area contributed by atoms with E-state index in [-0.39, 0.29) is 18.2 Å². The molecule has 0 unspecified atom stereocenters. The van der Waals surface area contributed by atoms with Crippen molar-refractivity contribution in [1.82, 2.24) is 9.78 Å². The van der Waals surface area contributed by atoms with Crippen LogP contribution in [0.15, 0.2) is 4.47 Å². The van der Waals surface area contributed by atoms with Crippen molar-refractivity contribution in [3.63, 3.8) is 0 Å². The van der Waals surface area contributed by atoms with E-state index in [0.717, 1.165) is 0 Å². The number of hydrogen-bond acceptors (Lipinski definition) is 5. The summed E-state index contributed by atoms with van der Waals surface area (Å²) < 4.78 is 11.2. The van der Waals surface area contributed by atoms with E-state index < -0.39 is 11.9 Å². The standard InChI is InChI=1S/C9H11BrN2O4/c1-4-15-9(14)7-6(10)8(11-12(7)3)16-5(2)13/h4H2,1-3H3. The second-order valence-corrected chi connectivity index (χ2v) is 3.70. The van der Waals surface area contributed by atoms with Gasteiger partial charge in [-0.2, -0.15) is 0 Å². The lowest BCUT2D eigenvalue weighted by atomic mass is 10.4. The van der Waals surface area contributed by atoms with Gasteiger partial charge in [-0.25, -0.2) is 4.79 Å². The average Bonchev–Trinajstić information content (AvgIpc) is 2.41. The highest BCUT2D eigenvalue weighted by Gasteiger charge is 2.23. The zero-order valence-electron chi connectivity index (χ0n) is 9.11. The Kier molecular flexibility index (Phi) is 4.05. The number of ether oxygens (including phenoxy) is 2. The van der Waals surface area contributed by atoms with Crippen molar-refractivity contribution >= 4 is 27.9 Å². The van der Waals surface area contributed by atoms with Crippen molar-refractivity contribution < 1.29 is 19.1 Å². The van der Waals surface area contributed by atoms with E-state index in [1.54, 1.807) is 14.0 Å². The van der Waals surface area contributed by atoms with Crippen LogP contribution in [0.25, 0.3) is 0 Å². The Labute approximate surface area is 101 Å². The molecular weight excluding hydrogens is 280 g/mol. The molecule has 1 aromatic heterocycles. The Morgan fingerprint density at radius 1 is 1.50 bits per heavy atom. The predicted octanol–water partition coefficient (Wildman–Crippen LogP) is 1.28. The Hall–Kier alpha value is -1.37. The molecule has 0 N–H and O–H groups in total. The fourth-order valence-electron chi connectivity index (χ4n) is 1.10. The normalized spacial score (nSPS) is 10.0. The number of aromatic nitrogens is 2. The van der Waals surface area contributed by atoms with Crippen LogP contribution >= 0.6 is 15.9 Å². The summed E-state index contributed by atoms with van der Waals surface area (Å²) in [5.41, 5.74) is 0.207. The summed E-state index contributed by atoms with van der Waals surface area (Å²) in [4.78, 5) is 22.3. The van der Waals surface area contributed by atoms with Gasteiger partial charge in [-0.15, -0.1) is 5.10 Å². The summed E-state index contributed by atoms with van der Waals surface area (Å²) in [6, 6.07) is 0. The maximum Gasteiger partial charge on any atom is 0.357 e. The van der Waals surface area contributed by atoms with Gasteiger partial charge in [-0.3, -0.25) is 9.48 Å². The second-order valence-electron chi connectivity index (χ2n) is 2.91. The monoisotopic (exact) mass is 290 g/mol. The first kappa shape index (κ1) is 12.7. The van der Waals surface area contributed by atoms with Crippen LogP contribution in [0.2, 0.25) is 0 Å². The number of halogens is 1. The summed E-state index contributed by atoms with van der Waals surface area (Å²) in [7, 11) is 1.56. The van der Waals surface area contributed by atoms with Gasteiger partial charge in [0.05, 0.1) is 6.61 Å². The number of carbonyl (C=O) groups is 2. The molecule has 0 aliphatic carbocycles. The van der Waals surface area contributed by atoms with Crippen molar-refractivity contribution in [3.8, 4) is 5.88 Å². The molecule has 0 aliphatic heterocycles. The van der Waals surface area contributed by atoms with Crippen LogP contribution < -0.4 is 4.74 Å². The molecule has 7 heteroatoms. The molecule has 0 aliphatic rings. The Morgan fingerprint density at radius 2 is 2.12 bits per heavy atom. The minimum Gasteiger partial charge on any atom is -0.461 e. The van der Waals surface area contributed by atoms with E-state index in [1.807, 2.05) is 0 Å². The largest absolute Gasteiger partial charge is 0.461 e. The third kappa shape index (κ3) is 2.60. The molecule has 0 fully saturated rings. The van der Waals surface area contributed by atoms with E-state index in [2.05, 4.69) is 21.0 Å². The highest BCUT2D eigenvalue weighted by molar-refractivity contribution is 9.10. The van der Waals surface area contributed by atoms with Crippen LogP contribution in [0.5, 0.6) is 5.88 Å². The summed E-state index contributed by atoms with van der Waals surface area (Å²) in [5.74, 6) is -0.977. The van der Waals surface area contributed by atoms with Crippen molar-refractivity contribution in [3.05, 3.63) is 10.2 Å². The van der Waals surface area contributed by atoms with Crippen LogP contribution in [0.1, 0.15) is 24.3 Å². The van der Waals surface area contributed by atoms with Gasteiger partial charge < -0.3 is 9.47 Å². The zero-order valence-corrected chi connectivity index (χ0v) is 10.7. The SMILES string of the molecule is CCOC(=O)c1c(Br)c(OC(C)=O)nn1C. The molecule has 0 saturated heterocycles. The third-order valence-corrected chi connectivity index (χ3v) is 2.38. The fraction of sp³-hybridized carbons (Fsp3) is 0.444. The van der Waals surface area contributed by atoms with Crippen molar-refractivity contribution in [2.24, 2.45) is 7.05 Å². The lowest BCUT2D eigenvalue weighted by molar-refractivity contribution is -0.132. The minimum atomic E-state index is -0.525. The minimum absolute atomic E-state index is 0.0538. The van der Waals surface area contributed by atoms with Crippen molar-refractivity contribution in [2.75, 3.05) is 6.61 Å². The predicted molar refractivity (Wildman–Crippen MR) is 58.2 cm³/mol. The molecular formula is C9H11BrN2O4. The van der Waals surface area contributed by atoms with Gasteiger partial charge in [0.2, 0.25) is 0 Å². The van der Waals surface area contributed by atoms with E-state index >= 15 is 0 Å². The molecule has 0 amide bonds. The number of aryl methyl sites for hydroxylation is 1. The summed E-state index contributed by atoms with van der Waals surface area (Å²) in [6.07, 6.45) is 0. The van der Waals surface area contributed by atoms with Crippen LogP contribution in [0.4, 0.5) is 0 Å². The first-order valence-electron chi connectivity index (χ1n) is 4.55. The van der Waals surface area contributed by atoms with Crippen molar-refractivity contribution in [2.45, 2.75) is 13.8 Å². The molecule has 16 heavy (non-hydrogen) atoms. The number of hydrogen-bond donors (Lipinski definition) is 0. The number of esters is 2. The van der Waals surface area contributed by atoms with E-state index in [4.69, 9.17) is 9.47 Å². The molecule has 0 atom stereocenters. The quantitative estimate of drug-likeness (QED) is 0.785. The average molecular weight is 291 g/mol. The molecule has 1 rings (SSSR count). The lowest BCUT2D eigenvalue weighted by Crippen LogP contribution is -2.10. The molecule has 0 radical (unpaired) electrons. The van der Waals surface area contributed by atoms with Crippen LogP contribution in [-0.2, 0) is 16.6 Å². The maximum atomic E-state index is 11.5. The highest BCUT2D eigenvalue weighted by atomic mass is 79.9. The summed E-state index contributed by atoms with van der Waals surface area (Å²) in [6.45, 7) is 3.22. The van der Waals surface area contributed by atoms with Gasteiger partial charge in [-0.05, 0) is 22.9 Å². The zero-order chi connectivity index (χ0) is 12.3. The van der Waals surface area contributed by atoms with Gasteiger partial charge in [0.25, 0.3) is 5.88 Å². The third-order valence-electron chi connectivity index (χ3n) is 1.67. The first-order chi connectivity index (χ1) is 7.47. The first-order valence-corrected chi connectivity index (χ1v) is 5.34. The summed E-state index contributed by atoms with van der Waals surface area (Å²) >= 11 is 3.14. The topological polar surface area (TPSA) is 70.4 Å². The second kappa shape index (κ2) is 5.11. The molecule has 0 spiro atoms. The Morgan fingerprint density at radius 3 is 2.62 bits per heavy atom. The van der Waals surface area contributed by atoms with Gasteiger partial charge in [0, 0.05) is 14.0 Å². The van der Waals surface area contributed by atoms with Crippen molar-refractivity contribution in [1.29, 1.82) is 0 Å². The summed E-state index contributed by atoms with van der Waals surface area (Å²) in [5, 5.41) is 3.88. The number of carbonyl (C=O) groups excluding carboxylic acids is 2. The van der Waals surface area contributed by atoms with E-state index in [0.29, 0.717) is 4.47 Å². The number of nitrogens with zero attached hydrogens (tertiary/aromatic N) is 2. The van der Waals surface area contributed by atoms with Crippen LogP contribution in [0, 0.1) is 0 Å². The van der Waals surface area contributed by atoms with Crippen LogP contribution in [0.3, 0.4) is 0 Å². The molecule has 0 aromatic carbocycles. The fourth-order valence-corrected chi connectivity index (χ4v) is 1.67. The number of rotatable bonds is 3. The molecule has 0 bridgehead atoms. The molecule has 1 heterocycles. The smallest absolute Gasteiger partial charge is 0.357 e. The molecule has 1 aromatic rings. The molecule has 6 nitrogen and oxygen atoms in total. The van der Waals surface area contributed by atoms with Crippen LogP contribution in [-0.4, -0.2) is 28.3 Å². The van der Waals surface area contributed by atoms with Gasteiger partial charge in [0.15, 0.2) is 5.69 Å². The Balaban J connectivity index is 3.06. The maximum absolute atomic E-state index is 11.5. The highest BCUT2D eigenvalue weighted by Crippen LogP contribution is 2.28. The van der Waals surface area contributed by atoms with Gasteiger partial charge >= 0.3 is 11.9 Å². The van der Waals surface area contributed by atoms with E-state index in [1.165, 1.54) is 11.6 Å². The lowest BCUT2D eigenvalue weighted by Gasteiger charge is -2.01.